The molecule has 6 heteroatoms. The van der Waals surface area contributed by atoms with E-state index in [1.54, 1.807) is 0 Å². The lowest BCUT2D eigenvalue weighted by Crippen LogP contribution is -1.81. The number of benzene rings is 1. The predicted octanol–water partition coefficient (Wildman–Crippen LogP) is 1.63. The normalized spacial score (nSPS) is 10.4. The largest absolute Gasteiger partial charge is 0.507 e. The van der Waals surface area contributed by atoms with Crippen molar-refractivity contribution in [2.45, 2.75) is 0 Å². The van der Waals surface area contributed by atoms with Crippen LogP contribution in [0.3, 0.4) is 0 Å². The minimum atomic E-state index is -0.497. The molecular formula is C8H6FN3OS. The van der Waals surface area contributed by atoms with Gasteiger partial charge in [-0.25, -0.2) is 4.39 Å². The number of aromatic hydroxyl groups is 1. The highest BCUT2D eigenvalue weighted by Gasteiger charge is 2.09. The maximum atomic E-state index is 12.7. The van der Waals surface area contributed by atoms with Gasteiger partial charge in [0.2, 0.25) is 5.13 Å². The van der Waals surface area contributed by atoms with Gasteiger partial charge in [0.05, 0.1) is 5.56 Å². The standard InChI is InChI=1S/C8H6FN3OS/c9-4-1-2-5(6(13)3-4)7-11-12-8(10)14-7/h1-3,13H,(H2,10,12). The van der Waals surface area contributed by atoms with Gasteiger partial charge >= 0.3 is 0 Å². The van der Waals surface area contributed by atoms with E-state index >= 15 is 0 Å². The maximum absolute atomic E-state index is 12.7. The van der Waals surface area contributed by atoms with Gasteiger partial charge in [0, 0.05) is 6.07 Å². The van der Waals surface area contributed by atoms with Gasteiger partial charge in [-0.1, -0.05) is 11.3 Å². The quantitative estimate of drug-likeness (QED) is 0.752. The summed E-state index contributed by atoms with van der Waals surface area (Å²) in [4.78, 5) is 0. The first kappa shape index (κ1) is 8.89. The zero-order chi connectivity index (χ0) is 10.1. The van der Waals surface area contributed by atoms with Crippen molar-refractivity contribution in [3.63, 3.8) is 0 Å². The second kappa shape index (κ2) is 3.22. The molecule has 4 nitrogen and oxygen atoms in total. The van der Waals surface area contributed by atoms with Crippen LogP contribution in [0.25, 0.3) is 10.6 Å². The zero-order valence-electron chi connectivity index (χ0n) is 6.94. The molecule has 0 atom stereocenters. The molecule has 0 aliphatic heterocycles. The Kier molecular flexibility index (Phi) is 2.05. The monoisotopic (exact) mass is 211 g/mol. The molecule has 0 saturated carbocycles. The summed E-state index contributed by atoms with van der Waals surface area (Å²) in [5.74, 6) is -0.662. The van der Waals surface area contributed by atoms with Crippen LogP contribution in [0, 0.1) is 5.82 Å². The summed E-state index contributed by atoms with van der Waals surface area (Å²) >= 11 is 1.13. The van der Waals surface area contributed by atoms with Crippen molar-refractivity contribution in [2.75, 3.05) is 5.73 Å². The molecule has 72 valence electrons. The smallest absolute Gasteiger partial charge is 0.203 e. The molecule has 0 fully saturated rings. The SMILES string of the molecule is Nc1nnc(-c2ccc(F)cc2O)s1. The van der Waals surface area contributed by atoms with E-state index in [4.69, 9.17) is 5.73 Å². The molecule has 1 heterocycles. The third-order valence-corrected chi connectivity index (χ3v) is 2.42. The Morgan fingerprint density at radius 2 is 2.14 bits per heavy atom. The molecule has 1 aromatic heterocycles. The second-order valence-electron chi connectivity index (χ2n) is 2.61. The van der Waals surface area contributed by atoms with Gasteiger partial charge in [0.1, 0.15) is 11.6 Å². The number of aromatic nitrogens is 2. The van der Waals surface area contributed by atoms with Gasteiger partial charge in [-0.15, -0.1) is 10.2 Å². The number of nitrogens with two attached hydrogens (primary N) is 1. The Morgan fingerprint density at radius 1 is 1.36 bits per heavy atom. The zero-order valence-corrected chi connectivity index (χ0v) is 7.75. The molecule has 0 saturated heterocycles. The highest BCUT2D eigenvalue weighted by Crippen LogP contribution is 2.32. The lowest BCUT2D eigenvalue weighted by molar-refractivity contribution is 0.471. The molecule has 0 bridgehead atoms. The number of nitrogens with zero attached hydrogens (tertiary/aromatic N) is 2. The first-order valence-electron chi connectivity index (χ1n) is 3.74. The number of hydrogen-bond donors (Lipinski definition) is 2. The average molecular weight is 211 g/mol. The third kappa shape index (κ3) is 1.51. The molecule has 14 heavy (non-hydrogen) atoms. The van der Waals surface area contributed by atoms with E-state index in [2.05, 4.69) is 10.2 Å². The van der Waals surface area contributed by atoms with Gasteiger partial charge in [0.15, 0.2) is 5.01 Å². The number of phenols is 1. The summed E-state index contributed by atoms with van der Waals surface area (Å²) in [7, 11) is 0. The lowest BCUT2D eigenvalue weighted by atomic mass is 10.2. The van der Waals surface area contributed by atoms with Crippen molar-refractivity contribution >= 4 is 16.5 Å². The molecule has 0 unspecified atom stereocenters. The molecule has 0 amide bonds. The van der Waals surface area contributed by atoms with Crippen molar-refractivity contribution in [1.82, 2.24) is 10.2 Å². The number of anilines is 1. The van der Waals surface area contributed by atoms with E-state index in [0.717, 1.165) is 17.4 Å². The first-order valence-corrected chi connectivity index (χ1v) is 4.56. The minimum Gasteiger partial charge on any atom is -0.507 e. The van der Waals surface area contributed by atoms with Gasteiger partial charge in [-0.05, 0) is 12.1 Å². The first-order chi connectivity index (χ1) is 6.66. The van der Waals surface area contributed by atoms with Crippen LogP contribution in [0.15, 0.2) is 18.2 Å². The van der Waals surface area contributed by atoms with Crippen molar-refractivity contribution in [3.8, 4) is 16.3 Å². The van der Waals surface area contributed by atoms with Crippen LogP contribution < -0.4 is 5.73 Å². The van der Waals surface area contributed by atoms with E-state index in [1.165, 1.54) is 12.1 Å². The van der Waals surface area contributed by atoms with Crippen LogP contribution in [-0.4, -0.2) is 15.3 Å². The summed E-state index contributed by atoms with van der Waals surface area (Å²) in [5.41, 5.74) is 5.82. The van der Waals surface area contributed by atoms with Crippen LogP contribution in [-0.2, 0) is 0 Å². The Balaban J connectivity index is 2.52. The summed E-state index contributed by atoms with van der Waals surface area (Å²) in [6.45, 7) is 0. The Labute approximate surface area is 82.8 Å². The fourth-order valence-electron chi connectivity index (χ4n) is 1.03. The van der Waals surface area contributed by atoms with E-state index in [-0.39, 0.29) is 5.75 Å². The molecule has 0 spiro atoms. The Bertz CT molecular complexity index is 471. The van der Waals surface area contributed by atoms with Crippen molar-refractivity contribution < 1.29 is 9.50 Å². The minimum absolute atomic E-state index is 0.166. The average Bonchev–Trinajstić information content (AvgIpc) is 2.51. The summed E-state index contributed by atoms with van der Waals surface area (Å²) in [6, 6.07) is 3.70. The lowest BCUT2D eigenvalue weighted by Gasteiger charge is -1.98. The van der Waals surface area contributed by atoms with Crippen LogP contribution >= 0.6 is 11.3 Å². The van der Waals surface area contributed by atoms with Crippen LogP contribution in [0.1, 0.15) is 0 Å². The van der Waals surface area contributed by atoms with Gasteiger partial charge in [-0.3, -0.25) is 0 Å². The molecule has 0 aliphatic carbocycles. The summed E-state index contributed by atoms with van der Waals surface area (Å²) < 4.78 is 12.7. The predicted molar refractivity (Wildman–Crippen MR) is 51.4 cm³/mol. The maximum Gasteiger partial charge on any atom is 0.203 e. The second-order valence-corrected chi connectivity index (χ2v) is 3.62. The Morgan fingerprint density at radius 3 is 2.71 bits per heavy atom. The van der Waals surface area contributed by atoms with Crippen molar-refractivity contribution in [2.24, 2.45) is 0 Å². The van der Waals surface area contributed by atoms with E-state index in [9.17, 15) is 9.50 Å². The number of rotatable bonds is 1. The summed E-state index contributed by atoms with van der Waals surface area (Å²) in [5, 5.41) is 17.5. The fraction of sp³-hybridized carbons (Fsp3) is 0. The van der Waals surface area contributed by atoms with Crippen molar-refractivity contribution in [1.29, 1.82) is 0 Å². The van der Waals surface area contributed by atoms with Gasteiger partial charge < -0.3 is 10.8 Å². The van der Waals surface area contributed by atoms with Gasteiger partial charge in [0.25, 0.3) is 0 Å². The number of hydrogen-bond acceptors (Lipinski definition) is 5. The van der Waals surface area contributed by atoms with Gasteiger partial charge in [-0.2, -0.15) is 0 Å². The molecular weight excluding hydrogens is 205 g/mol. The third-order valence-electron chi connectivity index (χ3n) is 1.63. The highest BCUT2D eigenvalue weighted by atomic mass is 32.1. The number of nitrogen functional groups attached to an aromatic ring is 1. The van der Waals surface area contributed by atoms with Crippen LogP contribution in [0.5, 0.6) is 5.75 Å². The molecule has 0 aliphatic rings. The fourth-order valence-corrected chi connectivity index (χ4v) is 1.67. The van der Waals surface area contributed by atoms with Crippen LogP contribution in [0.4, 0.5) is 9.52 Å². The molecule has 1 aromatic carbocycles. The topological polar surface area (TPSA) is 72.0 Å². The molecule has 2 aromatic rings. The highest BCUT2D eigenvalue weighted by molar-refractivity contribution is 7.18. The van der Waals surface area contributed by atoms with Crippen molar-refractivity contribution in [3.05, 3.63) is 24.0 Å². The molecule has 0 radical (unpaired) electrons. The number of halogens is 1. The summed E-state index contributed by atoms with van der Waals surface area (Å²) in [6.07, 6.45) is 0. The number of phenolic OH excluding ortho intramolecular Hbond substituents is 1. The van der Waals surface area contributed by atoms with E-state index in [0.29, 0.717) is 15.7 Å². The molecule has 3 N–H and O–H groups in total. The Hall–Kier alpha value is -1.69. The van der Waals surface area contributed by atoms with E-state index in [1.807, 2.05) is 0 Å². The molecule has 2 rings (SSSR count). The van der Waals surface area contributed by atoms with E-state index < -0.39 is 5.82 Å². The van der Waals surface area contributed by atoms with Crippen LogP contribution in [0.2, 0.25) is 0 Å².